The SMILES string of the molecule is CCc1nccn1C(C)C(=O)c1ccc(Cl)s1. The van der Waals surface area contributed by atoms with Crippen LogP contribution in [0.2, 0.25) is 4.34 Å². The van der Waals surface area contributed by atoms with Crippen LogP contribution in [0, 0.1) is 0 Å². The molecular formula is C12H13ClN2OS. The number of aryl methyl sites for hydroxylation is 1. The van der Waals surface area contributed by atoms with Crippen molar-refractivity contribution in [2.45, 2.75) is 26.3 Å². The zero-order valence-corrected chi connectivity index (χ0v) is 11.3. The van der Waals surface area contributed by atoms with Crippen LogP contribution in [0.4, 0.5) is 0 Å². The Morgan fingerprint density at radius 1 is 1.59 bits per heavy atom. The van der Waals surface area contributed by atoms with Crippen molar-refractivity contribution in [2.24, 2.45) is 0 Å². The fourth-order valence-corrected chi connectivity index (χ4v) is 2.82. The Kier molecular flexibility index (Phi) is 3.64. The quantitative estimate of drug-likeness (QED) is 0.794. The van der Waals surface area contributed by atoms with Crippen LogP contribution in [-0.2, 0) is 6.42 Å². The van der Waals surface area contributed by atoms with Crippen LogP contribution < -0.4 is 0 Å². The molecule has 0 saturated carbocycles. The fraction of sp³-hybridized carbons (Fsp3) is 0.333. The summed E-state index contributed by atoms with van der Waals surface area (Å²) in [5.41, 5.74) is 0. The Hall–Kier alpha value is -1.13. The van der Waals surface area contributed by atoms with Gasteiger partial charge in [-0.25, -0.2) is 4.98 Å². The molecule has 90 valence electrons. The number of hydrogen-bond acceptors (Lipinski definition) is 3. The summed E-state index contributed by atoms with van der Waals surface area (Å²) in [6.45, 7) is 3.91. The van der Waals surface area contributed by atoms with Crippen LogP contribution >= 0.6 is 22.9 Å². The minimum atomic E-state index is -0.234. The van der Waals surface area contributed by atoms with E-state index >= 15 is 0 Å². The Bertz CT molecular complexity index is 532. The number of hydrogen-bond donors (Lipinski definition) is 0. The van der Waals surface area contributed by atoms with Crippen LogP contribution in [0.5, 0.6) is 0 Å². The van der Waals surface area contributed by atoms with Crippen LogP contribution in [-0.4, -0.2) is 15.3 Å². The number of nitrogens with zero attached hydrogens (tertiary/aromatic N) is 2. The number of carbonyl (C=O) groups excluding carboxylic acids is 1. The number of ketones is 1. The van der Waals surface area contributed by atoms with Gasteiger partial charge in [0.25, 0.3) is 0 Å². The average molecular weight is 269 g/mol. The van der Waals surface area contributed by atoms with Crippen molar-refractivity contribution in [1.82, 2.24) is 9.55 Å². The number of imidazole rings is 1. The van der Waals surface area contributed by atoms with E-state index in [0.29, 0.717) is 9.21 Å². The summed E-state index contributed by atoms with van der Waals surface area (Å²) in [7, 11) is 0. The zero-order valence-electron chi connectivity index (χ0n) is 9.68. The van der Waals surface area contributed by atoms with Crippen molar-refractivity contribution in [1.29, 1.82) is 0 Å². The first-order chi connectivity index (χ1) is 8.13. The molecule has 2 heterocycles. The first kappa shape index (κ1) is 12.3. The summed E-state index contributed by atoms with van der Waals surface area (Å²) in [6.07, 6.45) is 4.39. The van der Waals surface area contributed by atoms with E-state index in [-0.39, 0.29) is 11.8 Å². The van der Waals surface area contributed by atoms with E-state index in [0.717, 1.165) is 12.2 Å². The molecule has 0 saturated heterocycles. The topological polar surface area (TPSA) is 34.9 Å². The van der Waals surface area contributed by atoms with Crippen LogP contribution in [0.3, 0.4) is 0 Å². The smallest absolute Gasteiger partial charge is 0.195 e. The highest BCUT2D eigenvalue weighted by atomic mass is 35.5. The third kappa shape index (κ3) is 2.42. The Labute approximate surface area is 109 Å². The van der Waals surface area contributed by atoms with Gasteiger partial charge in [-0.1, -0.05) is 18.5 Å². The van der Waals surface area contributed by atoms with E-state index in [1.54, 1.807) is 18.3 Å². The Morgan fingerprint density at radius 3 is 2.94 bits per heavy atom. The minimum absolute atomic E-state index is 0.0783. The number of thiophene rings is 1. The van der Waals surface area contributed by atoms with Gasteiger partial charge in [-0.2, -0.15) is 0 Å². The van der Waals surface area contributed by atoms with E-state index in [1.165, 1.54) is 11.3 Å². The molecule has 0 aliphatic rings. The molecule has 1 unspecified atom stereocenters. The van der Waals surface area contributed by atoms with E-state index in [1.807, 2.05) is 24.6 Å². The Morgan fingerprint density at radius 2 is 2.35 bits per heavy atom. The van der Waals surface area contributed by atoms with Gasteiger partial charge >= 0.3 is 0 Å². The van der Waals surface area contributed by atoms with Gasteiger partial charge in [0.15, 0.2) is 5.78 Å². The van der Waals surface area contributed by atoms with Crippen molar-refractivity contribution >= 4 is 28.7 Å². The molecule has 0 aliphatic carbocycles. The summed E-state index contributed by atoms with van der Waals surface area (Å²) in [5.74, 6) is 1.00. The molecule has 0 N–H and O–H groups in total. The molecule has 0 bridgehead atoms. The standard InChI is InChI=1S/C12H13ClN2OS/c1-3-11-14-6-7-15(11)8(2)12(16)9-4-5-10(13)17-9/h4-8H,3H2,1-2H3. The second-order valence-electron chi connectivity index (χ2n) is 3.75. The average Bonchev–Trinajstić information content (AvgIpc) is 2.95. The number of Topliss-reactive ketones (excluding diaryl/α,β-unsaturated/α-hetero) is 1. The van der Waals surface area contributed by atoms with Crippen LogP contribution in [0.25, 0.3) is 0 Å². The summed E-state index contributed by atoms with van der Waals surface area (Å²) in [6, 6.07) is 3.29. The van der Waals surface area contributed by atoms with E-state index in [2.05, 4.69) is 4.98 Å². The zero-order chi connectivity index (χ0) is 12.4. The predicted octanol–water partition coefficient (Wildman–Crippen LogP) is 3.60. The lowest BCUT2D eigenvalue weighted by atomic mass is 10.2. The molecule has 0 aliphatic heterocycles. The molecule has 5 heteroatoms. The number of carbonyl (C=O) groups is 1. The number of rotatable bonds is 4. The lowest BCUT2D eigenvalue weighted by Crippen LogP contribution is -2.17. The maximum absolute atomic E-state index is 12.2. The molecule has 17 heavy (non-hydrogen) atoms. The molecule has 0 fully saturated rings. The summed E-state index contributed by atoms with van der Waals surface area (Å²) >= 11 is 7.16. The largest absolute Gasteiger partial charge is 0.324 e. The predicted molar refractivity (Wildman–Crippen MR) is 70.0 cm³/mol. The number of aromatic nitrogens is 2. The van der Waals surface area contributed by atoms with Crippen molar-refractivity contribution < 1.29 is 4.79 Å². The lowest BCUT2D eigenvalue weighted by molar-refractivity contribution is 0.0937. The maximum Gasteiger partial charge on any atom is 0.195 e. The fourth-order valence-electron chi connectivity index (χ4n) is 1.75. The van der Waals surface area contributed by atoms with Gasteiger partial charge < -0.3 is 4.57 Å². The van der Waals surface area contributed by atoms with Crippen LogP contribution in [0.15, 0.2) is 24.5 Å². The molecule has 0 amide bonds. The van der Waals surface area contributed by atoms with Gasteiger partial charge in [0.2, 0.25) is 0 Å². The summed E-state index contributed by atoms with van der Waals surface area (Å²) < 4.78 is 2.55. The van der Waals surface area contributed by atoms with Crippen molar-refractivity contribution in [3.63, 3.8) is 0 Å². The third-order valence-corrected chi connectivity index (χ3v) is 3.92. The molecule has 2 aromatic rings. The second-order valence-corrected chi connectivity index (χ2v) is 5.46. The highest BCUT2D eigenvalue weighted by molar-refractivity contribution is 7.18. The normalized spacial score (nSPS) is 12.6. The molecule has 2 aromatic heterocycles. The highest BCUT2D eigenvalue weighted by Crippen LogP contribution is 2.25. The molecule has 1 atom stereocenters. The van der Waals surface area contributed by atoms with Gasteiger partial charge in [0, 0.05) is 18.8 Å². The molecule has 0 radical (unpaired) electrons. The van der Waals surface area contributed by atoms with Crippen molar-refractivity contribution in [2.75, 3.05) is 0 Å². The molecule has 0 spiro atoms. The van der Waals surface area contributed by atoms with Gasteiger partial charge in [-0.15, -0.1) is 11.3 Å². The minimum Gasteiger partial charge on any atom is -0.324 e. The van der Waals surface area contributed by atoms with Crippen molar-refractivity contribution in [3.8, 4) is 0 Å². The monoisotopic (exact) mass is 268 g/mol. The van der Waals surface area contributed by atoms with E-state index in [9.17, 15) is 4.79 Å². The summed E-state index contributed by atoms with van der Waals surface area (Å²) in [4.78, 5) is 17.1. The lowest BCUT2D eigenvalue weighted by Gasteiger charge is -2.13. The van der Waals surface area contributed by atoms with E-state index < -0.39 is 0 Å². The molecule has 0 aromatic carbocycles. The van der Waals surface area contributed by atoms with Gasteiger partial charge in [0.1, 0.15) is 5.82 Å². The maximum atomic E-state index is 12.2. The third-order valence-electron chi connectivity index (χ3n) is 2.68. The van der Waals surface area contributed by atoms with Gasteiger partial charge in [-0.05, 0) is 19.1 Å². The first-order valence-electron chi connectivity index (χ1n) is 5.44. The van der Waals surface area contributed by atoms with E-state index in [4.69, 9.17) is 11.6 Å². The molecular weight excluding hydrogens is 256 g/mol. The van der Waals surface area contributed by atoms with Crippen molar-refractivity contribution in [3.05, 3.63) is 39.6 Å². The number of halogens is 1. The molecule has 3 nitrogen and oxygen atoms in total. The molecule has 2 rings (SSSR count). The van der Waals surface area contributed by atoms with Gasteiger partial charge in [0.05, 0.1) is 15.3 Å². The summed E-state index contributed by atoms with van der Waals surface area (Å²) in [5, 5.41) is 0. The van der Waals surface area contributed by atoms with Crippen LogP contribution in [0.1, 0.15) is 35.4 Å². The highest BCUT2D eigenvalue weighted by Gasteiger charge is 2.20. The van der Waals surface area contributed by atoms with Gasteiger partial charge in [-0.3, -0.25) is 4.79 Å². The Balaban J connectivity index is 2.26. The second kappa shape index (κ2) is 5.02. The first-order valence-corrected chi connectivity index (χ1v) is 6.64.